The molecule has 0 saturated carbocycles. The predicted molar refractivity (Wildman–Crippen MR) is 72.2 cm³/mol. The van der Waals surface area contributed by atoms with Crippen LogP contribution < -0.4 is 5.32 Å². The van der Waals surface area contributed by atoms with E-state index in [0.29, 0.717) is 6.61 Å². The minimum absolute atomic E-state index is 0.0716. The van der Waals surface area contributed by atoms with Crippen molar-refractivity contribution in [2.75, 3.05) is 11.9 Å². The van der Waals surface area contributed by atoms with Crippen LogP contribution in [0.15, 0.2) is 18.3 Å². The van der Waals surface area contributed by atoms with Crippen molar-refractivity contribution in [3.8, 4) is 0 Å². The molecule has 0 saturated heterocycles. The maximum absolute atomic E-state index is 5.91. The van der Waals surface area contributed by atoms with Crippen molar-refractivity contribution >= 4 is 5.82 Å². The van der Waals surface area contributed by atoms with Gasteiger partial charge in [0.2, 0.25) is 0 Å². The average molecular weight is 236 g/mol. The van der Waals surface area contributed by atoms with Crippen LogP contribution in [0.4, 0.5) is 5.82 Å². The van der Waals surface area contributed by atoms with Gasteiger partial charge >= 0.3 is 0 Å². The Morgan fingerprint density at radius 1 is 1.35 bits per heavy atom. The fourth-order valence-electron chi connectivity index (χ4n) is 1.33. The second kappa shape index (κ2) is 6.60. The molecule has 96 valence electrons. The number of rotatable bonds is 7. The van der Waals surface area contributed by atoms with Crippen LogP contribution in [-0.2, 0) is 11.3 Å². The van der Waals surface area contributed by atoms with Crippen LogP contribution in [-0.4, -0.2) is 17.1 Å². The lowest BCUT2D eigenvalue weighted by Crippen LogP contribution is -2.23. The molecule has 1 heterocycles. The molecule has 0 aliphatic carbocycles. The number of pyridine rings is 1. The molecule has 1 N–H and O–H groups in total. The van der Waals surface area contributed by atoms with Gasteiger partial charge in [0, 0.05) is 18.3 Å². The molecule has 0 bridgehead atoms. The van der Waals surface area contributed by atoms with Crippen molar-refractivity contribution in [3.63, 3.8) is 0 Å². The van der Waals surface area contributed by atoms with Crippen molar-refractivity contribution < 1.29 is 4.74 Å². The molecule has 0 atom stereocenters. The van der Waals surface area contributed by atoms with Crippen molar-refractivity contribution in [1.82, 2.24) is 4.98 Å². The van der Waals surface area contributed by atoms with Crippen LogP contribution in [0.2, 0.25) is 0 Å². The molecule has 0 fully saturated rings. The zero-order valence-electron chi connectivity index (χ0n) is 11.4. The summed E-state index contributed by atoms with van der Waals surface area (Å²) in [5.41, 5.74) is 1.06. The van der Waals surface area contributed by atoms with Crippen LogP contribution in [0.5, 0.6) is 0 Å². The van der Waals surface area contributed by atoms with E-state index in [1.54, 1.807) is 0 Å². The first-order valence-electron chi connectivity index (χ1n) is 6.40. The quantitative estimate of drug-likeness (QED) is 0.785. The van der Waals surface area contributed by atoms with Gasteiger partial charge < -0.3 is 10.1 Å². The van der Waals surface area contributed by atoms with Gasteiger partial charge in [-0.3, -0.25) is 0 Å². The third kappa shape index (κ3) is 4.73. The predicted octanol–water partition coefficient (Wildman–Crippen LogP) is 3.61. The lowest BCUT2D eigenvalue weighted by Gasteiger charge is -2.24. The van der Waals surface area contributed by atoms with Gasteiger partial charge in [0.1, 0.15) is 5.82 Å². The first-order valence-corrected chi connectivity index (χ1v) is 6.40. The minimum Gasteiger partial charge on any atom is -0.371 e. The zero-order chi connectivity index (χ0) is 12.7. The highest BCUT2D eigenvalue weighted by Gasteiger charge is 2.16. The Morgan fingerprint density at radius 2 is 2.12 bits per heavy atom. The number of anilines is 1. The van der Waals surface area contributed by atoms with E-state index in [1.165, 1.54) is 0 Å². The summed E-state index contributed by atoms with van der Waals surface area (Å²) in [7, 11) is 0. The molecule has 0 aliphatic heterocycles. The maximum atomic E-state index is 5.91. The second-order valence-corrected chi connectivity index (χ2v) is 4.84. The molecule has 0 spiro atoms. The molecule has 0 unspecified atom stereocenters. The molecule has 3 heteroatoms. The summed E-state index contributed by atoms with van der Waals surface area (Å²) in [4.78, 5) is 4.35. The fourth-order valence-corrected chi connectivity index (χ4v) is 1.33. The molecule has 0 aromatic carbocycles. The third-order valence-electron chi connectivity index (χ3n) is 2.90. The molecule has 17 heavy (non-hydrogen) atoms. The lowest BCUT2D eigenvalue weighted by molar-refractivity contribution is -0.0314. The number of nitrogens with one attached hydrogen (secondary N) is 1. The molecular weight excluding hydrogens is 212 g/mol. The Balaban J connectivity index is 2.63. The molecule has 1 rings (SSSR count). The standard InChI is InChI=1S/C14H24N2O/c1-5-9-15-13-12(8-7-10-16-13)11-17-14(3,4)6-2/h7-8,10H,5-6,9,11H2,1-4H3,(H,15,16). The largest absolute Gasteiger partial charge is 0.371 e. The van der Waals surface area contributed by atoms with Gasteiger partial charge in [-0.25, -0.2) is 4.98 Å². The van der Waals surface area contributed by atoms with Gasteiger partial charge in [-0.05, 0) is 32.8 Å². The summed E-state index contributed by atoms with van der Waals surface area (Å²) in [6, 6.07) is 4.02. The monoisotopic (exact) mass is 236 g/mol. The van der Waals surface area contributed by atoms with Crippen LogP contribution in [0.1, 0.15) is 46.1 Å². The van der Waals surface area contributed by atoms with E-state index in [4.69, 9.17) is 4.74 Å². The van der Waals surface area contributed by atoms with Gasteiger partial charge in [0.25, 0.3) is 0 Å². The first-order chi connectivity index (χ1) is 8.09. The van der Waals surface area contributed by atoms with Crippen LogP contribution in [0, 0.1) is 0 Å². The van der Waals surface area contributed by atoms with Gasteiger partial charge in [-0.15, -0.1) is 0 Å². The summed E-state index contributed by atoms with van der Waals surface area (Å²) in [6.07, 6.45) is 3.91. The molecule has 0 amide bonds. The Labute approximate surface area is 105 Å². The van der Waals surface area contributed by atoms with Gasteiger partial charge in [-0.2, -0.15) is 0 Å². The number of hydrogen-bond acceptors (Lipinski definition) is 3. The smallest absolute Gasteiger partial charge is 0.131 e. The summed E-state index contributed by atoms with van der Waals surface area (Å²) in [6.45, 7) is 10.1. The topological polar surface area (TPSA) is 34.2 Å². The van der Waals surface area contributed by atoms with Crippen molar-refractivity contribution in [3.05, 3.63) is 23.9 Å². The Kier molecular flexibility index (Phi) is 5.42. The number of aromatic nitrogens is 1. The van der Waals surface area contributed by atoms with Crippen LogP contribution >= 0.6 is 0 Å². The number of hydrogen-bond donors (Lipinski definition) is 1. The average Bonchev–Trinajstić information content (AvgIpc) is 2.35. The second-order valence-electron chi connectivity index (χ2n) is 4.84. The van der Waals surface area contributed by atoms with Crippen molar-refractivity contribution in [2.45, 2.75) is 52.7 Å². The maximum Gasteiger partial charge on any atom is 0.131 e. The third-order valence-corrected chi connectivity index (χ3v) is 2.90. The van der Waals surface area contributed by atoms with E-state index in [2.05, 4.69) is 44.1 Å². The molecule has 1 aromatic rings. The van der Waals surface area contributed by atoms with Gasteiger partial charge in [0.15, 0.2) is 0 Å². The molecule has 0 aliphatic rings. The van der Waals surface area contributed by atoms with E-state index in [9.17, 15) is 0 Å². The highest BCUT2D eigenvalue weighted by molar-refractivity contribution is 5.43. The number of ether oxygens (including phenoxy) is 1. The van der Waals surface area contributed by atoms with Crippen molar-refractivity contribution in [1.29, 1.82) is 0 Å². The molecular formula is C14H24N2O. The zero-order valence-corrected chi connectivity index (χ0v) is 11.4. The van der Waals surface area contributed by atoms with Crippen LogP contribution in [0.25, 0.3) is 0 Å². The fraction of sp³-hybridized carbons (Fsp3) is 0.643. The summed E-state index contributed by atoms with van der Waals surface area (Å²) < 4.78 is 5.91. The molecule has 1 aromatic heterocycles. The SMILES string of the molecule is CCCNc1ncccc1COC(C)(C)CC. The minimum atomic E-state index is -0.0716. The van der Waals surface area contributed by atoms with E-state index in [0.717, 1.165) is 30.8 Å². The summed E-state index contributed by atoms with van der Waals surface area (Å²) in [5.74, 6) is 0.946. The van der Waals surface area contributed by atoms with E-state index < -0.39 is 0 Å². The normalized spacial score (nSPS) is 11.5. The first kappa shape index (κ1) is 14.0. The van der Waals surface area contributed by atoms with Crippen molar-refractivity contribution in [2.24, 2.45) is 0 Å². The van der Waals surface area contributed by atoms with Gasteiger partial charge in [-0.1, -0.05) is 19.9 Å². The Bertz CT molecular complexity index is 337. The highest BCUT2D eigenvalue weighted by Crippen LogP contribution is 2.19. The van der Waals surface area contributed by atoms with Crippen LogP contribution in [0.3, 0.4) is 0 Å². The highest BCUT2D eigenvalue weighted by atomic mass is 16.5. The lowest BCUT2D eigenvalue weighted by atomic mass is 10.1. The van der Waals surface area contributed by atoms with Gasteiger partial charge in [0.05, 0.1) is 12.2 Å². The molecule has 0 radical (unpaired) electrons. The van der Waals surface area contributed by atoms with E-state index in [1.807, 2.05) is 12.3 Å². The van der Waals surface area contributed by atoms with E-state index in [-0.39, 0.29) is 5.60 Å². The Morgan fingerprint density at radius 3 is 2.76 bits per heavy atom. The van der Waals surface area contributed by atoms with E-state index >= 15 is 0 Å². The molecule has 3 nitrogen and oxygen atoms in total. The number of nitrogens with zero attached hydrogens (tertiary/aromatic N) is 1. The Hall–Kier alpha value is -1.09. The summed E-state index contributed by atoms with van der Waals surface area (Å²) in [5, 5.41) is 3.33. The summed E-state index contributed by atoms with van der Waals surface area (Å²) >= 11 is 0.